The molecule has 126 valence electrons. The Kier molecular flexibility index (Phi) is 4.64. The molecule has 0 unspecified atom stereocenters. The summed E-state index contributed by atoms with van der Waals surface area (Å²) in [6.07, 6.45) is 2.19. The van der Waals surface area contributed by atoms with Gasteiger partial charge in [-0.25, -0.2) is 9.59 Å². The van der Waals surface area contributed by atoms with Gasteiger partial charge < -0.3 is 9.47 Å². The second-order valence-corrected chi connectivity index (χ2v) is 5.93. The fourth-order valence-corrected chi connectivity index (χ4v) is 3.23. The van der Waals surface area contributed by atoms with E-state index in [-0.39, 0.29) is 18.8 Å². The first-order chi connectivity index (χ1) is 11.6. The van der Waals surface area contributed by atoms with Crippen LogP contribution in [0.5, 0.6) is 0 Å². The molecule has 0 aromatic heterocycles. The Hall–Kier alpha value is -2.63. The van der Waals surface area contributed by atoms with Crippen LogP contribution in [0.2, 0.25) is 0 Å². The minimum Gasteiger partial charge on any atom is -0.467 e. The number of likely N-dealkylation sites (tertiary alicyclic amines) is 1. The van der Waals surface area contributed by atoms with E-state index in [4.69, 9.17) is 9.47 Å². The van der Waals surface area contributed by atoms with Crippen molar-refractivity contribution in [3.8, 4) is 0 Å². The number of hydrogen-bond acceptors (Lipinski definition) is 5. The molecule has 1 aliphatic heterocycles. The maximum atomic E-state index is 12.6. The van der Waals surface area contributed by atoms with Crippen LogP contribution in [-0.2, 0) is 25.7 Å². The molecule has 6 heteroatoms. The van der Waals surface area contributed by atoms with E-state index in [1.54, 1.807) is 0 Å². The maximum Gasteiger partial charge on any atom is 0.411 e. The number of methoxy groups -OCH3 is 1. The molecule has 1 amide bonds. The van der Waals surface area contributed by atoms with E-state index in [1.807, 2.05) is 36.4 Å². The van der Waals surface area contributed by atoms with Crippen LogP contribution in [0.3, 0.4) is 0 Å². The van der Waals surface area contributed by atoms with Gasteiger partial charge in [0.05, 0.1) is 13.2 Å². The lowest BCUT2D eigenvalue weighted by molar-refractivity contribution is -0.146. The first-order valence-corrected chi connectivity index (χ1v) is 7.87. The van der Waals surface area contributed by atoms with Crippen LogP contribution in [0, 0.1) is 0 Å². The van der Waals surface area contributed by atoms with Gasteiger partial charge in [-0.1, -0.05) is 36.4 Å². The van der Waals surface area contributed by atoms with Crippen LogP contribution >= 0.6 is 0 Å². The zero-order valence-corrected chi connectivity index (χ0v) is 13.4. The molecule has 1 aromatic carbocycles. The van der Waals surface area contributed by atoms with Crippen molar-refractivity contribution in [2.24, 2.45) is 0 Å². The van der Waals surface area contributed by atoms with Crippen LogP contribution < -0.4 is 0 Å². The van der Waals surface area contributed by atoms with Gasteiger partial charge in [0.1, 0.15) is 18.4 Å². The highest BCUT2D eigenvalue weighted by Gasteiger charge is 2.47. The van der Waals surface area contributed by atoms with Gasteiger partial charge in [0.25, 0.3) is 0 Å². The zero-order valence-electron chi connectivity index (χ0n) is 13.4. The number of ether oxygens (including phenoxy) is 2. The topological polar surface area (TPSA) is 72.9 Å². The van der Waals surface area contributed by atoms with Crippen molar-refractivity contribution in [3.05, 3.63) is 47.5 Å². The monoisotopic (exact) mass is 329 g/mol. The Bertz CT molecular complexity index is 682. The number of carbonyl (C=O) groups is 3. The minimum atomic E-state index is -0.736. The molecule has 0 radical (unpaired) electrons. The Morgan fingerprint density at radius 3 is 2.67 bits per heavy atom. The summed E-state index contributed by atoms with van der Waals surface area (Å²) in [6, 6.07) is 8.16. The summed E-state index contributed by atoms with van der Waals surface area (Å²) in [7, 11) is 1.29. The lowest BCUT2D eigenvalue weighted by Gasteiger charge is -2.29. The quantitative estimate of drug-likeness (QED) is 0.628. The van der Waals surface area contributed by atoms with Crippen molar-refractivity contribution < 1.29 is 23.9 Å². The van der Waals surface area contributed by atoms with Gasteiger partial charge in [-0.15, -0.1) is 0 Å². The average molecular weight is 329 g/mol. The molecule has 1 saturated heterocycles. The summed E-state index contributed by atoms with van der Waals surface area (Å²) in [5, 5.41) is 0. The van der Waals surface area contributed by atoms with Crippen molar-refractivity contribution in [3.63, 3.8) is 0 Å². The number of amides is 1. The molecular formula is C18H19NO5. The van der Waals surface area contributed by atoms with Crippen molar-refractivity contribution in [1.29, 1.82) is 0 Å². The van der Waals surface area contributed by atoms with Gasteiger partial charge >= 0.3 is 12.1 Å². The van der Waals surface area contributed by atoms with E-state index >= 15 is 0 Å². The predicted molar refractivity (Wildman–Crippen MR) is 85.0 cm³/mol. The number of Topliss-reactive ketones (excluding diaryl/α,β-unsaturated/α-hetero) is 1. The molecule has 3 rings (SSSR count). The third kappa shape index (κ3) is 3.18. The van der Waals surface area contributed by atoms with Gasteiger partial charge in [-0.3, -0.25) is 9.69 Å². The molecule has 0 N–H and O–H groups in total. The maximum absolute atomic E-state index is 12.6. The van der Waals surface area contributed by atoms with Gasteiger partial charge in [0.15, 0.2) is 0 Å². The number of nitrogens with zero attached hydrogens (tertiary/aromatic N) is 1. The van der Waals surface area contributed by atoms with Crippen molar-refractivity contribution in [1.82, 2.24) is 4.90 Å². The van der Waals surface area contributed by atoms with Gasteiger partial charge in [0.2, 0.25) is 0 Å². The molecule has 1 aliphatic carbocycles. The molecule has 1 aromatic rings. The minimum absolute atomic E-state index is 0.0510. The first-order valence-electron chi connectivity index (χ1n) is 7.87. The number of esters is 1. The average Bonchev–Trinajstić information content (AvgIpc) is 2.98. The molecule has 1 fully saturated rings. The predicted octanol–water partition coefficient (Wildman–Crippen LogP) is 2.23. The van der Waals surface area contributed by atoms with E-state index < -0.39 is 24.1 Å². The summed E-state index contributed by atoms with van der Waals surface area (Å²) < 4.78 is 10.2. The number of rotatable bonds is 3. The van der Waals surface area contributed by atoms with Crippen LogP contribution in [0.15, 0.2) is 42.0 Å². The van der Waals surface area contributed by atoms with Crippen molar-refractivity contribution >= 4 is 17.8 Å². The summed E-state index contributed by atoms with van der Waals surface area (Å²) in [6.45, 7) is 0.115. The zero-order chi connectivity index (χ0) is 17.1. The third-order valence-corrected chi connectivity index (χ3v) is 4.43. The molecule has 2 atom stereocenters. The number of fused-ring (bicyclic) bond motifs is 1. The number of carbonyl (C=O) groups excluding carboxylic acids is 3. The van der Waals surface area contributed by atoms with Gasteiger partial charge in [0, 0.05) is 19.3 Å². The van der Waals surface area contributed by atoms with Crippen LogP contribution in [0.25, 0.3) is 0 Å². The van der Waals surface area contributed by atoms with Crippen LogP contribution in [0.4, 0.5) is 4.79 Å². The summed E-state index contributed by atoms with van der Waals surface area (Å²) >= 11 is 0. The van der Waals surface area contributed by atoms with E-state index in [0.29, 0.717) is 12.8 Å². The molecule has 6 nitrogen and oxygen atoms in total. The Morgan fingerprint density at radius 2 is 1.96 bits per heavy atom. The number of ketones is 1. The highest BCUT2D eigenvalue weighted by Crippen LogP contribution is 2.36. The lowest BCUT2D eigenvalue weighted by atomic mass is 9.93. The van der Waals surface area contributed by atoms with Gasteiger partial charge in [-0.05, 0) is 11.1 Å². The molecular weight excluding hydrogens is 310 g/mol. The Labute approximate surface area is 140 Å². The van der Waals surface area contributed by atoms with E-state index in [0.717, 1.165) is 11.1 Å². The molecule has 0 bridgehead atoms. The fraction of sp³-hybridized carbons (Fsp3) is 0.389. The van der Waals surface area contributed by atoms with E-state index in [2.05, 4.69) is 0 Å². The Morgan fingerprint density at radius 1 is 1.21 bits per heavy atom. The van der Waals surface area contributed by atoms with Crippen LogP contribution in [-0.4, -0.2) is 41.9 Å². The number of allylic oxidation sites excluding steroid dienone is 1. The van der Waals surface area contributed by atoms with Crippen molar-refractivity contribution in [2.45, 2.75) is 38.0 Å². The normalized spacial score (nSPS) is 22.6. The second-order valence-electron chi connectivity index (χ2n) is 5.93. The standard InChI is InChI=1S/C18H19NO5/c1-23-17(21)16-9-13-7-8-14(20)10-15(13)19(16)18(22)24-11-12-5-3-2-4-6-12/h2-7,15-16H,8-11H2,1H3/t15-,16+/m0/s1. The highest BCUT2D eigenvalue weighted by atomic mass is 16.6. The lowest BCUT2D eigenvalue weighted by Crippen LogP contribution is -2.46. The smallest absolute Gasteiger partial charge is 0.411 e. The van der Waals surface area contributed by atoms with Gasteiger partial charge in [-0.2, -0.15) is 0 Å². The SMILES string of the molecule is COC(=O)[C@H]1CC2=CCC(=O)C[C@@H]2N1C(=O)OCc1ccccc1. The molecule has 2 aliphatic rings. The first kappa shape index (κ1) is 16.2. The van der Waals surface area contributed by atoms with Crippen molar-refractivity contribution in [2.75, 3.05) is 7.11 Å². The number of hydrogen-bond donors (Lipinski definition) is 0. The van der Waals surface area contributed by atoms with E-state index in [1.165, 1.54) is 12.0 Å². The summed E-state index contributed by atoms with van der Waals surface area (Å²) in [5.74, 6) is -0.440. The van der Waals surface area contributed by atoms with E-state index in [9.17, 15) is 14.4 Å². The third-order valence-electron chi connectivity index (χ3n) is 4.43. The second kappa shape index (κ2) is 6.86. The number of benzene rings is 1. The summed E-state index contributed by atoms with van der Waals surface area (Å²) in [4.78, 5) is 37.7. The molecule has 24 heavy (non-hydrogen) atoms. The molecule has 0 spiro atoms. The molecule has 1 heterocycles. The Balaban J connectivity index is 1.77. The fourth-order valence-electron chi connectivity index (χ4n) is 3.23. The summed E-state index contributed by atoms with van der Waals surface area (Å²) in [5.41, 5.74) is 1.79. The molecule has 0 saturated carbocycles. The largest absolute Gasteiger partial charge is 0.467 e. The van der Waals surface area contributed by atoms with Crippen LogP contribution in [0.1, 0.15) is 24.8 Å². The highest BCUT2D eigenvalue weighted by molar-refractivity contribution is 5.88.